The summed E-state index contributed by atoms with van der Waals surface area (Å²) in [6.45, 7) is 0. The van der Waals surface area contributed by atoms with Crippen molar-refractivity contribution in [1.82, 2.24) is 9.78 Å². The summed E-state index contributed by atoms with van der Waals surface area (Å²) in [4.78, 5) is 23.2. The standard InChI is InChI=1S/C13H12ClN3O4/c1-17-6-8(13(19)20)11(16-17)12(18)15-7-3-4-10(21-2)9(14)5-7/h3-6H,1-2H3,(H,15,18)(H,19,20). The number of aromatic carboxylic acids is 1. The number of methoxy groups -OCH3 is 1. The van der Waals surface area contributed by atoms with E-state index in [9.17, 15) is 9.59 Å². The van der Waals surface area contributed by atoms with Gasteiger partial charge in [-0.15, -0.1) is 0 Å². The fourth-order valence-corrected chi connectivity index (χ4v) is 2.00. The first-order valence-corrected chi connectivity index (χ1v) is 6.22. The van der Waals surface area contributed by atoms with E-state index in [0.717, 1.165) is 0 Å². The van der Waals surface area contributed by atoms with Crippen LogP contribution < -0.4 is 10.1 Å². The molecule has 2 rings (SSSR count). The van der Waals surface area contributed by atoms with E-state index in [2.05, 4.69) is 10.4 Å². The molecular weight excluding hydrogens is 298 g/mol. The zero-order chi connectivity index (χ0) is 15.6. The Morgan fingerprint density at radius 3 is 2.71 bits per heavy atom. The maximum Gasteiger partial charge on any atom is 0.339 e. The lowest BCUT2D eigenvalue weighted by molar-refractivity contribution is 0.0692. The highest BCUT2D eigenvalue weighted by molar-refractivity contribution is 6.32. The van der Waals surface area contributed by atoms with E-state index < -0.39 is 11.9 Å². The van der Waals surface area contributed by atoms with E-state index >= 15 is 0 Å². The Bertz CT molecular complexity index is 711. The van der Waals surface area contributed by atoms with Crippen molar-refractivity contribution in [3.63, 3.8) is 0 Å². The van der Waals surface area contributed by atoms with Crippen molar-refractivity contribution in [2.45, 2.75) is 0 Å². The molecule has 0 unspecified atom stereocenters. The van der Waals surface area contributed by atoms with Gasteiger partial charge in [0.2, 0.25) is 0 Å². The molecule has 0 saturated heterocycles. The molecule has 1 aromatic heterocycles. The van der Waals surface area contributed by atoms with Gasteiger partial charge in [0.15, 0.2) is 5.69 Å². The number of halogens is 1. The molecule has 110 valence electrons. The minimum absolute atomic E-state index is 0.169. The number of carboxylic acid groups (broad SMARTS) is 1. The number of aromatic nitrogens is 2. The van der Waals surface area contributed by atoms with Crippen LogP contribution in [0.4, 0.5) is 5.69 Å². The molecule has 0 aliphatic carbocycles. The molecule has 0 atom stereocenters. The monoisotopic (exact) mass is 309 g/mol. The lowest BCUT2D eigenvalue weighted by atomic mass is 10.2. The van der Waals surface area contributed by atoms with E-state index in [1.54, 1.807) is 12.1 Å². The number of nitrogens with zero attached hydrogens (tertiary/aromatic N) is 2. The van der Waals surface area contributed by atoms with Gasteiger partial charge in [-0.3, -0.25) is 9.48 Å². The van der Waals surface area contributed by atoms with Gasteiger partial charge >= 0.3 is 5.97 Å². The van der Waals surface area contributed by atoms with Crippen molar-refractivity contribution >= 4 is 29.2 Å². The SMILES string of the molecule is COc1ccc(NC(=O)c2nn(C)cc2C(=O)O)cc1Cl. The van der Waals surface area contributed by atoms with Crippen molar-refractivity contribution < 1.29 is 19.4 Å². The molecule has 1 heterocycles. The number of amides is 1. The van der Waals surface area contributed by atoms with E-state index in [1.165, 1.54) is 31.1 Å². The maximum atomic E-state index is 12.1. The van der Waals surface area contributed by atoms with Gasteiger partial charge in [0.05, 0.1) is 12.1 Å². The number of hydrogen-bond acceptors (Lipinski definition) is 4. The number of nitrogens with one attached hydrogen (secondary N) is 1. The Hall–Kier alpha value is -2.54. The third-order valence-electron chi connectivity index (χ3n) is 2.68. The highest BCUT2D eigenvalue weighted by Crippen LogP contribution is 2.27. The molecule has 0 saturated carbocycles. The normalized spacial score (nSPS) is 10.2. The maximum absolute atomic E-state index is 12.1. The summed E-state index contributed by atoms with van der Waals surface area (Å²) in [7, 11) is 3.01. The summed E-state index contributed by atoms with van der Waals surface area (Å²) in [5.41, 5.74) is 0.0688. The van der Waals surface area contributed by atoms with Crippen LogP contribution in [0.15, 0.2) is 24.4 Å². The molecular formula is C13H12ClN3O4. The van der Waals surface area contributed by atoms with Crippen molar-refractivity contribution in [2.24, 2.45) is 7.05 Å². The summed E-state index contributed by atoms with van der Waals surface area (Å²) in [5.74, 6) is -1.38. The molecule has 0 aliphatic heterocycles. The third kappa shape index (κ3) is 3.14. The van der Waals surface area contributed by atoms with Crippen LogP contribution in [0.1, 0.15) is 20.8 Å². The van der Waals surface area contributed by atoms with E-state index in [4.69, 9.17) is 21.4 Å². The number of anilines is 1. The second kappa shape index (κ2) is 5.84. The highest BCUT2D eigenvalue weighted by Gasteiger charge is 2.21. The molecule has 1 amide bonds. The number of rotatable bonds is 4. The average Bonchev–Trinajstić information content (AvgIpc) is 2.81. The van der Waals surface area contributed by atoms with Crippen LogP contribution in [0, 0.1) is 0 Å². The number of ether oxygens (including phenoxy) is 1. The predicted molar refractivity (Wildman–Crippen MR) is 76.1 cm³/mol. The first kappa shape index (κ1) is 14.9. The average molecular weight is 310 g/mol. The number of aryl methyl sites for hydroxylation is 1. The molecule has 0 fully saturated rings. The Morgan fingerprint density at radius 2 is 2.14 bits per heavy atom. The van der Waals surface area contributed by atoms with Crippen LogP contribution in [0.25, 0.3) is 0 Å². The summed E-state index contributed by atoms with van der Waals surface area (Å²) in [6.07, 6.45) is 1.26. The van der Waals surface area contributed by atoms with Crippen LogP contribution in [-0.4, -0.2) is 33.9 Å². The van der Waals surface area contributed by atoms with Crippen LogP contribution >= 0.6 is 11.6 Å². The number of hydrogen-bond donors (Lipinski definition) is 2. The number of carbonyl (C=O) groups excluding carboxylic acids is 1. The summed E-state index contributed by atoms with van der Waals surface area (Å²) < 4.78 is 6.27. The minimum atomic E-state index is -1.22. The van der Waals surface area contributed by atoms with E-state index in [-0.39, 0.29) is 11.3 Å². The largest absolute Gasteiger partial charge is 0.495 e. The van der Waals surface area contributed by atoms with Crippen LogP contribution in [0.5, 0.6) is 5.75 Å². The molecule has 2 N–H and O–H groups in total. The van der Waals surface area contributed by atoms with E-state index in [1.807, 2.05) is 0 Å². The molecule has 7 nitrogen and oxygen atoms in total. The second-order valence-electron chi connectivity index (χ2n) is 4.17. The second-order valence-corrected chi connectivity index (χ2v) is 4.58. The quantitative estimate of drug-likeness (QED) is 0.901. The van der Waals surface area contributed by atoms with Crippen molar-refractivity contribution in [3.8, 4) is 5.75 Å². The van der Waals surface area contributed by atoms with Gasteiger partial charge in [-0.25, -0.2) is 4.79 Å². The van der Waals surface area contributed by atoms with Crippen molar-refractivity contribution in [3.05, 3.63) is 40.7 Å². The lowest BCUT2D eigenvalue weighted by Crippen LogP contribution is -2.16. The first-order chi connectivity index (χ1) is 9.92. The fourth-order valence-electron chi connectivity index (χ4n) is 1.75. The predicted octanol–water partition coefficient (Wildman–Crippen LogP) is 2.03. The lowest BCUT2D eigenvalue weighted by Gasteiger charge is -2.07. The summed E-state index contributed by atoms with van der Waals surface area (Å²) in [5, 5.41) is 15.8. The van der Waals surface area contributed by atoms with E-state index in [0.29, 0.717) is 16.5 Å². The Morgan fingerprint density at radius 1 is 1.43 bits per heavy atom. The number of benzene rings is 1. The van der Waals surface area contributed by atoms with Crippen LogP contribution in [0.3, 0.4) is 0 Å². The smallest absolute Gasteiger partial charge is 0.339 e. The Kier molecular flexibility index (Phi) is 4.13. The van der Waals surface area contributed by atoms with Gasteiger partial charge in [-0.1, -0.05) is 11.6 Å². The van der Waals surface area contributed by atoms with Crippen molar-refractivity contribution in [1.29, 1.82) is 0 Å². The van der Waals surface area contributed by atoms with Crippen LogP contribution in [-0.2, 0) is 7.05 Å². The molecule has 0 radical (unpaired) electrons. The minimum Gasteiger partial charge on any atom is -0.495 e. The van der Waals surface area contributed by atoms with Gasteiger partial charge in [0, 0.05) is 18.9 Å². The molecule has 0 spiro atoms. The van der Waals surface area contributed by atoms with Crippen molar-refractivity contribution in [2.75, 3.05) is 12.4 Å². The summed E-state index contributed by atoms with van der Waals surface area (Å²) >= 11 is 5.95. The zero-order valence-corrected chi connectivity index (χ0v) is 12.0. The molecule has 21 heavy (non-hydrogen) atoms. The van der Waals surface area contributed by atoms with Gasteiger partial charge in [0.1, 0.15) is 11.3 Å². The van der Waals surface area contributed by atoms with Gasteiger partial charge in [-0.05, 0) is 18.2 Å². The van der Waals surface area contributed by atoms with Crippen LogP contribution in [0.2, 0.25) is 5.02 Å². The molecule has 0 aliphatic rings. The number of carbonyl (C=O) groups is 2. The topological polar surface area (TPSA) is 93.5 Å². The van der Waals surface area contributed by atoms with Gasteiger partial charge < -0.3 is 15.2 Å². The Labute approximate surface area is 125 Å². The van der Waals surface area contributed by atoms with Gasteiger partial charge in [-0.2, -0.15) is 5.10 Å². The molecule has 2 aromatic rings. The third-order valence-corrected chi connectivity index (χ3v) is 2.98. The Balaban J connectivity index is 2.26. The fraction of sp³-hybridized carbons (Fsp3) is 0.154. The molecule has 8 heteroatoms. The zero-order valence-electron chi connectivity index (χ0n) is 11.3. The van der Waals surface area contributed by atoms with Gasteiger partial charge in [0.25, 0.3) is 5.91 Å². The highest BCUT2D eigenvalue weighted by atomic mass is 35.5. The first-order valence-electron chi connectivity index (χ1n) is 5.84. The molecule has 0 bridgehead atoms. The summed E-state index contributed by atoms with van der Waals surface area (Å²) in [6, 6.07) is 4.68. The molecule has 1 aromatic carbocycles. The number of carboxylic acids is 1.